The first kappa shape index (κ1) is 18.7. The number of piperazine rings is 1. The predicted molar refractivity (Wildman–Crippen MR) is 111 cm³/mol. The minimum Gasteiger partial charge on any atom is -0.367 e. The molecule has 1 aromatic carbocycles. The molecule has 4 rings (SSSR count). The van der Waals surface area contributed by atoms with Crippen LogP contribution in [0, 0.1) is 0 Å². The van der Waals surface area contributed by atoms with E-state index in [2.05, 4.69) is 32.5 Å². The molecule has 28 heavy (non-hydrogen) atoms. The molecule has 2 N–H and O–H groups in total. The van der Waals surface area contributed by atoms with Gasteiger partial charge in [0.25, 0.3) is 0 Å². The number of carbonyl (C=O) groups excluding carboxylic acids is 2. The largest absolute Gasteiger partial charge is 0.367 e. The first-order valence-electron chi connectivity index (χ1n) is 9.42. The zero-order valence-corrected chi connectivity index (χ0v) is 16.7. The summed E-state index contributed by atoms with van der Waals surface area (Å²) in [5, 5.41) is 8.27. The quantitative estimate of drug-likeness (QED) is 0.797. The highest BCUT2D eigenvalue weighted by Crippen LogP contribution is 2.27. The Hall–Kier alpha value is -2.65. The van der Waals surface area contributed by atoms with Crippen molar-refractivity contribution in [3.63, 3.8) is 0 Å². The van der Waals surface area contributed by atoms with Crippen molar-refractivity contribution in [2.24, 2.45) is 0 Å². The van der Waals surface area contributed by atoms with Gasteiger partial charge in [0.2, 0.25) is 5.91 Å². The topological polar surface area (TPSA) is 80.8 Å². The number of urea groups is 1. The van der Waals surface area contributed by atoms with E-state index in [-0.39, 0.29) is 18.4 Å². The van der Waals surface area contributed by atoms with Gasteiger partial charge in [-0.2, -0.15) is 0 Å². The summed E-state index contributed by atoms with van der Waals surface area (Å²) in [6.07, 6.45) is 0.184. The summed E-state index contributed by atoms with van der Waals surface area (Å²) in [5.41, 5.74) is 2.55. The highest BCUT2D eigenvalue weighted by atomic mass is 32.1. The van der Waals surface area contributed by atoms with Crippen LogP contribution in [0.4, 0.5) is 21.3 Å². The fourth-order valence-corrected chi connectivity index (χ4v) is 4.27. The standard InChI is InChI=1S/C19H24N6O2S/c1-23-8-10-24(11-9-23)16-5-3-2-4-15(16)22-17(26)12-14-13-28-19(21-14)25-7-6-20-18(25)27/h2-5,13H,6-12H2,1H3,(H,20,27)(H,22,26). The molecule has 2 aromatic rings. The molecule has 1 aromatic heterocycles. The molecule has 9 heteroatoms. The number of amides is 3. The Bertz CT molecular complexity index is 862. The van der Waals surface area contributed by atoms with Crippen molar-refractivity contribution in [2.45, 2.75) is 6.42 Å². The molecular weight excluding hydrogens is 376 g/mol. The van der Waals surface area contributed by atoms with Crippen molar-refractivity contribution in [3.05, 3.63) is 35.3 Å². The molecule has 0 bridgehead atoms. The monoisotopic (exact) mass is 400 g/mol. The maximum absolute atomic E-state index is 12.6. The van der Waals surface area contributed by atoms with Gasteiger partial charge in [0, 0.05) is 44.6 Å². The van der Waals surface area contributed by atoms with Gasteiger partial charge >= 0.3 is 6.03 Å². The van der Waals surface area contributed by atoms with Crippen molar-refractivity contribution >= 4 is 39.8 Å². The molecule has 0 atom stereocenters. The average Bonchev–Trinajstić information content (AvgIpc) is 3.31. The van der Waals surface area contributed by atoms with Crippen molar-refractivity contribution < 1.29 is 9.59 Å². The number of nitrogens with zero attached hydrogens (tertiary/aromatic N) is 4. The van der Waals surface area contributed by atoms with E-state index in [1.54, 1.807) is 4.90 Å². The van der Waals surface area contributed by atoms with E-state index in [1.165, 1.54) is 11.3 Å². The maximum Gasteiger partial charge on any atom is 0.323 e. The Labute approximate surface area is 168 Å². The summed E-state index contributed by atoms with van der Waals surface area (Å²) in [5.74, 6) is -0.107. The van der Waals surface area contributed by atoms with E-state index in [9.17, 15) is 9.59 Å². The second-order valence-electron chi connectivity index (χ2n) is 7.04. The molecule has 0 unspecified atom stereocenters. The van der Waals surface area contributed by atoms with E-state index < -0.39 is 0 Å². The fraction of sp³-hybridized carbons (Fsp3) is 0.421. The van der Waals surface area contributed by atoms with Crippen LogP contribution in [0.25, 0.3) is 0 Å². The molecule has 8 nitrogen and oxygen atoms in total. The van der Waals surface area contributed by atoms with E-state index in [0.717, 1.165) is 37.6 Å². The number of thiazole rings is 1. The van der Waals surface area contributed by atoms with Crippen LogP contribution in [0.15, 0.2) is 29.6 Å². The summed E-state index contributed by atoms with van der Waals surface area (Å²) < 4.78 is 0. The Morgan fingerprint density at radius 3 is 2.75 bits per heavy atom. The van der Waals surface area contributed by atoms with Crippen LogP contribution in [0.2, 0.25) is 0 Å². The number of rotatable bonds is 5. The van der Waals surface area contributed by atoms with Crippen LogP contribution in [0.5, 0.6) is 0 Å². The number of carbonyl (C=O) groups is 2. The van der Waals surface area contributed by atoms with E-state index in [1.807, 2.05) is 29.6 Å². The van der Waals surface area contributed by atoms with Gasteiger partial charge in [0.1, 0.15) is 0 Å². The first-order valence-corrected chi connectivity index (χ1v) is 10.3. The van der Waals surface area contributed by atoms with Crippen LogP contribution in [-0.4, -0.2) is 68.1 Å². The number of hydrogen-bond donors (Lipinski definition) is 2. The molecule has 148 valence electrons. The van der Waals surface area contributed by atoms with E-state index in [4.69, 9.17) is 0 Å². The second kappa shape index (κ2) is 8.15. The zero-order chi connectivity index (χ0) is 19.5. The van der Waals surface area contributed by atoms with Crippen LogP contribution in [0.3, 0.4) is 0 Å². The molecule has 2 fully saturated rings. The Morgan fingerprint density at radius 1 is 1.21 bits per heavy atom. The van der Waals surface area contributed by atoms with Gasteiger partial charge in [-0.25, -0.2) is 9.78 Å². The zero-order valence-electron chi connectivity index (χ0n) is 15.9. The number of para-hydroxylation sites is 2. The van der Waals surface area contributed by atoms with Crippen molar-refractivity contribution in [3.8, 4) is 0 Å². The third-order valence-corrected chi connectivity index (χ3v) is 5.90. The lowest BCUT2D eigenvalue weighted by atomic mass is 10.2. The molecule has 0 saturated carbocycles. The lowest BCUT2D eigenvalue weighted by molar-refractivity contribution is -0.115. The number of likely N-dealkylation sites (N-methyl/N-ethyl adjacent to an activating group) is 1. The lowest BCUT2D eigenvalue weighted by Gasteiger charge is -2.35. The SMILES string of the molecule is CN1CCN(c2ccccc2NC(=O)Cc2csc(N3CCNC3=O)n2)CC1. The fourth-order valence-electron chi connectivity index (χ4n) is 3.42. The normalized spacial score (nSPS) is 17.7. The molecule has 2 saturated heterocycles. The summed E-state index contributed by atoms with van der Waals surface area (Å²) in [7, 11) is 2.12. The van der Waals surface area contributed by atoms with E-state index in [0.29, 0.717) is 23.9 Å². The number of aromatic nitrogens is 1. The Balaban J connectivity index is 1.40. The molecule has 0 radical (unpaired) electrons. The summed E-state index contributed by atoms with van der Waals surface area (Å²) >= 11 is 1.39. The number of anilines is 3. The van der Waals surface area contributed by atoms with Gasteiger partial charge in [-0.1, -0.05) is 12.1 Å². The summed E-state index contributed by atoms with van der Waals surface area (Å²) in [6.45, 7) is 5.13. The van der Waals surface area contributed by atoms with Gasteiger partial charge in [0.05, 0.1) is 23.5 Å². The highest BCUT2D eigenvalue weighted by molar-refractivity contribution is 7.14. The Kier molecular flexibility index (Phi) is 5.45. The second-order valence-corrected chi connectivity index (χ2v) is 7.87. The van der Waals surface area contributed by atoms with Gasteiger partial charge < -0.3 is 20.4 Å². The highest BCUT2D eigenvalue weighted by Gasteiger charge is 2.24. The van der Waals surface area contributed by atoms with E-state index >= 15 is 0 Å². The smallest absolute Gasteiger partial charge is 0.323 e. The van der Waals surface area contributed by atoms with Crippen LogP contribution < -0.4 is 20.4 Å². The maximum atomic E-state index is 12.6. The summed E-state index contributed by atoms with van der Waals surface area (Å²) in [6, 6.07) is 7.78. The van der Waals surface area contributed by atoms with Gasteiger partial charge in [0.15, 0.2) is 5.13 Å². The molecule has 2 aliphatic heterocycles. The van der Waals surface area contributed by atoms with Crippen LogP contribution in [-0.2, 0) is 11.2 Å². The van der Waals surface area contributed by atoms with Gasteiger partial charge in [-0.05, 0) is 19.2 Å². The third kappa shape index (κ3) is 4.10. The molecule has 0 spiro atoms. The van der Waals surface area contributed by atoms with Crippen LogP contribution in [0.1, 0.15) is 5.69 Å². The summed E-state index contributed by atoms with van der Waals surface area (Å²) in [4.78, 5) is 35.0. The number of benzene rings is 1. The van der Waals surface area contributed by atoms with Gasteiger partial charge in [-0.3, -0.25) is 9.69 Å². The number of hydrogen-bond acceptors (Lipinski definition) is 6. The minimum atomic E-state index is -0.133. The Morgan fingerprint density at radius 2 is 2.00 bits per heavy atom. The predicted octanol–water partition coefficient (Wildman–Crippen LogP) is 1.61. The molecular formula is C19H24N6O2S. The number of nitrogens with one attached hydrogen (secondary N) is 2. The molecule has 0 aliphatic carbocycles. The lowest BCUT2D eigenvalue weighted by Crippen LogP contribution is -2.44. The van der Waals surface area contributed by atoms with Crippen molar-refractivity contribution in [2.75, 3.05) is 61.4 Å². The van der Waals surface area contributed by atoms with Gasteiger partial charge in [-0.15, -0.1) is 11.3 Å². The van der Waals surface area contributed by atoms with Crippen molar-refractivity contribution in [1.29, 1.82) is 0 Å². The van der Waals surface area contributed by atoms with Crippen molar-refractivity contribution in [1.82, 2.24) is 15.2 Å². The molecule has 3 amide bonds. The molecule has 2 aliphatic rings. The minimum absolute atomic E-state index is 0.107. The van der Waals surface area contributed by atoms with Crippen LogP contribution >= 0.6 is 11.3 Å². The third-order valence-electron chi connectivity index (χ3n) is 4.99. The molecule has 3 heterocycles. The first-order chi connectivity index (χ1) is 13.6. The average molecular weight is 401 g/mol.